The largest absolute Gasteiger partial charge is 0.300 e. The highest BCUT2D eigenvalue weighted by atomic mass is 16.1. The molecule has 1 aliphatic rings. The number of ketones is 1. The zero-order chi connectivity index (χ0) is 13.2. The van der Waals surface area contributed by atoms with Gasteiger partial charge in [-0.1, -0.05) is 63.3 Å². The van der Waals surface area contributed by atoms with Crippen LogP contribution in [-0.2, 0) is 4.79 Å². The third kappa shape index (κ3) is 3.32. The number of carbonyl (C=O) groups excluding carboxylic acids is 1. The van der Waals surface area contributed by atoms with Crippen molar-refractivity contribution < 1.29 is 4.79 Å². The van der Waals surface area contributed by atoms with Crippen LogP contribution in [0, 0.1) is 10.8 Å². The molecule has 96 valence electrons. The molecule has 1 unspecified atom stereocenters. The third-order valence-corrected chi connectivity index (χ3v) is 3.64. The minimum Gasteiger partial charge on any atom is -0.300 e. The Labute approximate surface area is 110 Å². The minimum atomic E-state index is 0.00861. The van der Waals surface area contributed by atoms with Gasteiger partial charge in [-0.2, -0.15) is 0 Å². The van der Waals surface area contributed by atoms with Crippen molar-refractivity contribution >= 4 is 11.9 Å². The summed E-state index contributed by atoms with van der Waals surface area (Å²) in [6.07, 6.45) is 6.85. The molecular weight excluding hydrogens is 220 g/mol. The zero-order valence-electron chi connectivity index (χ0n) is 11.6. The van der Waals surface area contributed by atoms with E-state index in [9.17, 15) is 4.79 Å². The molecule has 1 aliphatic carbocycles. The van der Waals surface area contributed by atoms with E-state index in [1.165, 1.54) is 5.56 Å². The number of rotatable bonds is 2. The summed E-state index contributed by atoms with van der Waals surface area (Å²) < 4.78 is 0. The van der Waals surface area contributed by atoms with Crippen LogP contribution in [0.5, 0.6) is 0 Å². The molecule has 1 heteroatoms. The molecule has 0 spiro atoms. The first-order valence-electron chi connectivity index (χ1n) is 6.65. The summed E-state index contributed by atoms with van der Waals surface area (Å²) in [6, 6.07) is 10.3. The molecule has 1 aromatic rings. The Morgan fingerprint density at radius 1 is 1.06 bits per heavy atom. The van der Waals surface area contributed by atoms with Crippen LogP contribution in [0.15, 0.2) is 36.4 Å². The second kappa shape index (κ2) is 4.72. The predicted molar refractivity (Wildman–Crippen MR) is 76.2 cm³/mol. The van der Waals surface area contributed by atoms with E-state index in [0.717, 1.165) is 12.8 Å². The molecule has 1 fully saturated rings. The van der Waals surface area contributed by atoms with Gasteiger partial charge < -0.3 is 0 Å². The van der Waals surface area contributed by atoms with Gasteiger partial charge in [0.15, 0.2) is 0 Å². The van der Waals surface area contributed by atoms with Crippen molar-refractivity contribution in [3.8, 4) is 0 Å². The molecule has 0 aliphatic heterocycles. The van der Waals surface area contributed by atoms with Gasteiger partial charge in [-0.05, 0) is 22.8 Å². The maximum atomic E-state index is 11.9. The molecule has 0 bridgehead atoms. The van der Waals surface area contributed by atoms with Gasteiger partial charge in [-0.15, -0.1) is 0 Å². The van der Waals surface area contributed by atoms with Crippen LogP contribution in [-0.4, -0.2) is 5.78 Å². The maximum absolute atomic E-state index is 11.9. The van der Waals surface area contributed by atoms with Gasteiger partial charge >= 0.3 is 0 Å². The Morgan fingerprint density at radius 3 is 2.33 bits per heavy atom. The van der Waals surface area contributed by atoms with Crippen LogP contribution in [0.2, 0.25) is 0 Å². The fourth-order valence-corrected chi connectivity index (χ4v) is 3.24. The predicted octanol–water partition coefficient (Wildman–Crippen LogP) is 4.49. The van der Waals surface area contributed by atoms with Gasteiger partial charge in [0.25, 0.3) is 0 Å². The molecule has 0 amide bonds. The van der Waals surface area contributed by atoms with Gasteiger partial charge in [0.05, 0.1) is 0 Å². The first kappa shape index (κ1) is 13.1. The van der Waals surface area contributed by atoms with Crippen molar-refractivity contribution in [1.29, 1.82) is 0 Å². The van der Waals surface area contributed by atoms with Crippen molar-refractivity contribution in [2.45, 2.75) is 40.0 Å². The third-order valence-electron chi connectivity index (χ3n) is 3.64. The number of Topliss-reactive ketones (excluding diaryl/α,β-unsaturated/α-hetero) is 1. The summed E-state index contributed by atoms with van der Waals surface area (Å²) in [7, 11) is 0. The van der Waals surface area contributed by atoms with Crippen LogP contribution < -0.4 is 0 Å². The number of hydrogen-bond donors (Lipinski definition) is 0. The van der Waals surface area contributed by atoms with Crippen molar-refractivity contribution in [3.05, 3.63) is 42.0 Å². The molecule has 0 radical (unpaired) electrons. The Hall–Kier alpha value is -1.37. The van der Waals surface area contributed by atoms with Gasteiger partial charge in [-0.25, -0.2) is 0 Å². The molecule has 0 heterocycles. The lowest BCUT2D eigenvalue weighted by Gasteiger charge is -2.40. The molecule has 1 aromatic carbocycles. The SMILES string of the molecule is CC1(C)CC(=O)CC(C)(/C=C/c2ccccc2)C1. The standard InChI is InChI=1S/C17H22O/c1-16(2)11-15(18)12-17(3,13-16)10-9-14-7-5-4-6-8-14/h4-10H,11-13H2,1-3H3/b10-9+. The Bertz CT molecular complexity index is 456. The highest BCUT2D eigenvalue weighted by Gasteiger charge is 2.38. The molecule has 1 saturated carbocycles. The van der Waals surface area contributed by atoms with Crippen LogP contribution in [0.4, 0.5) is 0 Å². The monoisotopic (exact) mass is 242 g/mol. The lowest BCUT2D eigenvalue weighted by atomic mass is 9.64. The smallest absolute Gasteiger partial charge is 0.134 e. The summed E-state index contributed by atoms with van der Waals surface area (Å²) in [5.74, 6) is 0.395. The minimum absolute atomic E-state index is 0.00861. The molecular formula is C17H22O. The number of allylic oxidation sites excluding steroid dienone is 1. The zero-order valence-corrected chi connectivity index (χ0v) is 11.6. The molecule has 1 nitrogen and oxygen atoms in total. The summed E-state index contributed by atoms with van der Waals surface area (Å²) in [4.78, 5) is 11.9. The molecule has 0 N–H and O–H groups in total. The van der Waals surface area contributed by atoms with E-state index >= 15 is 0 Å². The van der Waals surface area contributed by atoms with E-state index in [4.69, 9.17) is 0 Å². The highest BCUT2D eigenvalue weighted by molar-refractivity contribution is 5.81. The van der Waals surface area contributed by atoms with E-state index < -0.39 is 0 Å². The van der Waals surface area contributed by atoms with Crippen LogP contribution in [0.1, 0.15) is 45.6 Å². The summed E-state index contributed by atoms with van der Waals surface area (Å²) >= 11 is 0. The van der Waals surface area contributed by atoms with Crippen LogP contribution >= 0.6 is 0 Å². The normalized spacial score (nSPS) is 27.6. The summed E-state index contributed by atoms with van der Waals surface area (Å²) in [6.45, 7) is 6.59. The average Bonchev–Trinajstić information content (AvgIpc) is 2.24. The topological polar surface area (TPSA) is 17.1 Å². The van der Waals surface area contributed by atoms with Gasteiger partial charge in [-0.3, -0.25) is 4.79 Å². The van der Waals surface area contributed by atoms with Gasteiger partial charge in [0, 0.05) is 12.8 Å². The first-order chi connectivity index (χ1) is 8.39. The van der Waals surface area contributed by atoms with E-state index in [-0.39, 0.29) is 10.8 Å². The number of carbonyl (C=O) groups is 1. The summed E-state index contributed by atoms with van der Waals surface area (Å²) in [5.41, 5.74) is 1.34. The lowest BCUT2D eigenvalue weighted by Crippen LogP contribution is -2.34. The van der Waals surface area contributed by atoms with Gasteiger partial charge in [0.1, 0.15) is 5.78 Å². The highest BCUT2D eigenvalue weighted by Crippen LogP contribution is 2.45. The lowest BCUT2D eigenvalue weighted by molar-refractivity contribution is -0.126. The van der Waals surface area contributed by atoms with Crippen molar-refractivity contribution in [3.63, 3.8) is 0 Å². The summed E-state index contributed by atoms with van der Waals surface area (Å²) in [5, 5.41) is 0. The second-order valence-electron chi connectivity index (χ2n) is 6.63. The average molecular weight is 242 g/mol. The Kier molecular flexibility index (Phi) is 3.43. The molecule has 18 heavy (non-hydrogen) atoms. The quantitative estimate of drug-likeness (QED) is 0.747. The van der Waals surface area contributed by atoms with E-state index in [1.54, 1.807) is 0 Å². The Balaban J connectivity index is 2.16. The van der Waals surface area contributed by atoms with E-state index in [1.807, 2.05) is 18.2 Å². The van der Waals surface area contributed by atoms with Crippen LogP contribution in [0.3, 0.4) is 0 Å². The second-order valence-corrected chi connectivity index (χ2v) is 6.63. The van der Waals surface area contributed by atoms with Gasteiger partial charge in [0.2, 0.25) is 0 Å². The van der Waals surface area contributed by atoms with E-state index in [0.29, 0.717) is 12.2 Å². The van der Waals surface area contributed by atoms with E-state index in [2.05, 4.69) is 45.1 Å². The molecule has 1 atom stereocenters. The molecule has 0 saturated heterocycles. The van der Waals surface area contributed by atoms with Crippen molar-refractivity contribution in [1.82, 2.24) is 0 Å². The Morgan fingerprint density at radius 2 is 1.72 bits per heavy atom. The molecule has 0 aromatic heterocycles. The van der Waals surface area contributed by atoms with Crippen LogP contribution in [0.25, 0.3) is 6.08 Å². The fourth-order valence-electron chi connectivity index (χ4n) is 3.24. The van der Waals surface area contributed by atoms with Crippen molar-refractivity contribution in [2.75, 3.05) is 0 Å². The maximum Gasteiger partial charge on any atom is 0.134 e. The van der Waals surface area contributed by atoms with Crippen molar-refractivity contribution in [2.24, 2.45) is 10.8 Å². The first-order valence-corrected chi connectivity index (χ1v) is 6.65. The number of hydrogen-bond acceptors (Lipinski definition) is 1. The number of benzene rings is 1. The molecule has 2 rings (SSSR count). The fraction of sp³-hybridized carbons (Fsp3) is 0.471.